The molecule has 0 radical (unpaired) electrons. The third-order valence-electron chi connectivity index (χ3n) is 3.40. The molecule has 0 saturated carbocycles. The molecular formula is C16H22N2O2. The standard InChI is InChI=1S/C16H22N2O2/c1-12-10-14(8-7-13(12)6-5-9-17)15(20)18(4)16(2,3)11-19/h7-8,10,19H,9,11,17H2,1-4H3. The van der Waals surface area contributed by atoms with Crippen LogP contribution in [0.1, 0.15) is 35.3 Å². The van der Waals surface area contributed by atoms with Crippen molar-refractivity contribution in [2.75, 3.05) is 20.2 Å². The van der Waals surface area contributed by atoms with Gasteiger partial charge in [-0.2, -0.15) is 0 Å². The van der Waals surface area contributed by atoms with Crippen molar-refractivity contribution in [3.8, 4) is 11.8 Å². The lowest BCUT2D eigenvalue weighted by atomic mass is 10.0. The topological polar surface area (TPSA) is 66.6 Å². The summed E-state index contributed by atoms with van der Waals surface area (Å²) in [4.78, 5) is 13.9. The van der Waals surface area contributed by atoms with Crippen LogP contribution in [0.3, 0.4) is 0 Å². The lowest BCUT2D eigenvalue weighted by Gasteiger charge is -2.34. The molecule has 20 heavy (non-hydrogen) atoms. The molecule has 0 aliphatic carbocycles. The van der Waals surface area contributed by atoms with Crippen LogP contribution in [-0.2, 0) is 0 Å². The number of likely N-dealkylation sites (N-methyl/N-ethyl adjacent to an activating group) is 1. The van der Waals surface area contributed by atoms with E-state index >= 15 is 0 Å². The van der Waals surface area contributed by atoms with Gasteiger partial charge in [-0.25, -0.2) is 0 Å². The molecule has 0 fully saturated rings. The van der Waals surface area contributed by atoms with Crippen molar-refractivity contribution in [1.29, 1.82) is 0 Å². The molecule has 0 unspecified atom stereocenters. The average Bonchev–Trinajstić information content (AvgIpc) is 2.44. The molecule has 0 aromatic heterocycles. The molecule has 0 aliphatic heterocycles. The van der Waals surface area contributed by atoms with E-state index in [2.05, 4.69) is 11.8 Å². The van der Waals surface area contributed by atoms with E-state index in [0.717, 1.165) is 11.1 Å². The summed E-state index contributed by atoms with van der Waals surface area (Å²) in [6, 6.07) is 5.39. The Kier molecular flexibility index (Phi) is 5.32. The summed E-state index contributed by atoms with van der Waals surface area (Å²) in [5.41, 5.74) is 7.15. The molecule has 0 atom stereocenters. The van der Waals surface area contributed by atoms with Gasteiger partial charge in [0, 0.05) is 18.2 Å². The molecule has 0 spiro atoms. The predicted octanol–water partition coefficient (Wildman–Crippen LogP) is 1.15. The van der Waals surface area contributed by atoms with Gasteiger partial charge in [-0.3, -0.25) is 4.79 Å². The lowest BCUT2D eigenvalue weighted by Crippen LogP contribution is -2.47. The van der Waals surface area contributed by atoms with Gasteiger partial charge in [0.1, 0.15) is 0 Å². The van der Waals surface area contributed by atoms with Crippen LogP contribution in [0.2, 0.25) is 0 Å². The van der Waals surface area contributed by atoms with Gasteiger partial charge in [0.25, 0.3) is 5.91 Å². The highest BCUT2D eigenvalue weighted by molar-refractivity contribution is 5.95. The molecule has 0 bridgehead atoms. The van der Waals surface area contributed by atoms with Crippen molar-refractivity contribution in [2.24, 2.45) is 5.73 Å². The summed E-state index contributed by atoms with van der Waals surface area (Å²) in [6.07, 6.45) is 0. The maximum absolute atomic E-state index is 12.4. The number of hydrogen-bond acceptors (Lipinski definition) is 3. The van der Waals surface area contributed by atoms with E-state index < -0.39 is 5.54 Å². The van der Waals surface area contributed by atoms with E-state index in [-0.39, 0.29) is 12.5 Å². The van der Waals surface area contributed by atoms with Gasteiger partial charge in [-0.15, -0.1) is 0 Å². The smallest absolute Gasteiger partial charge is 0.254 e. The number of aryl methyl sites for hydroxylation is 1. The summed E-state index contributed by atoms with van der Waals surface area (Å²) in [5.74, 6) is 5.65. The van der Waals surface area contributed by atoms with Gasteiger partial charge in [0.05, 0.1) is 18.7 Å². The monoisotopic (exact) mass is 274 g/mol. The first kappa shape index (κ1) is 16.2. The average molecular weight is 274 g/mol. The Morgan fingerprint density at radius 2 is 2.10 bits per heavy atom. The van der Waals surface area contributed by atoms with E-state index in [1.165, 1.54) is 0 Å². The highest BCUT2D eigenvalue weighted by Gasteiger charge is 2.27. The molecule has 3 N–H and O–H groups in total. The van der Waals surface area contributed by atoms with E-state index in [9.17, 15) is 9.90 Å². The number of rotatable bonds is 3. The maximum atomic E-state index is 12.4. The molecular weight excluding hydrogens is 252 g/mol. The first-order valence-corrected chi connectivity index (χ1v) is 6.52. The normalized spacial score (nSPS) is 10.7. The van der Waals surface area contributed by atoms with Crippen molar-refractivity contribution < 1.29 is 9.90 Å². The first-order valence-electron chi connectivity index (χ1n) is 6.52. The van der Waals surface area contributed by atoms with Crippen LogP contribution in [0.4, 0.5) is 0 Å². The second-order valence-corrected chi connectivity index (χ2v) is 5.37. The quantitative estimate of drug-likeness (QED) is 0.813. The second-order valence-electron chi connectivity index (χ2n) is 5.37. The van der Waals surface area contributed by atoms with Crippen LogP contribution in [0, 0.1) is 18.8 Å². The molecule has 108 valence electrons. The Morgan fingerprint density at radius 3 is 2.60 bits per heavy atom. The van der Waals surface area contributed by atoms with E-state index in [1.54, 1.807) is 18.0 Å². The van der Waals surface area contributed by atoms with E-state index in [0.29, 0.717) is 12.1 Å². The zero-order valence-corrected chi connectivity index (χ0v) is 12.5. The molecule has 1 rings (SSSR count). The number of nitrogens with zero attached hydrogens (tertiary/aromatic N) is 1. The molecule has 4 nitrogen and oxygen atoms in total. The van der Waals surface area contributed by atoms with Crippen LogP contribution < -0.4 is 5.73 Å². The molecule has 0 saturated heterocycles. The molecule has 1 aromatic rings. The molecule has 1 aromatic carbocycles. The number of aliphatic hydroxyl groups excluding tert-OH is 1. The molecule has 0 heterocycles. The van der Waals surface area contributed by atoms with E-state index in [1.807, 2.05) is 32.9 Å². The van der Waals surface area contributed by atoms with Gasteiger partial charge in [0.15, 0.2) is 0 Å². The van der Waals surface area contributed by atoms with Gasteiger partial charge >= 0.3 is 0 Å². The summed E-state index contributed by atoms with van der Waals surface area (Å²) < 4.78 is 0. The lowest BCUT2D eigenvalue weighted by molar-refractivity contribution is 0.0473. The van der Waals surface area contributed by atoms with Crippen LogP contribution in [0.25, 0.3) is 0 Å². The third kappa shape index (κ3) is 3.60. The number of benzene rings is 1. The maximum Gasteiger partial charge on any atom is 0.254 e. The molecule has 1 amide bonds. The Hall–Kier alpha value is -1.83. The molecule has 0 aliphatic rings. The Balaban J connectivity index is 3.04. The minimum atomic E-state index is -0.594. The first-order chi connectivity index (χ1) is 9.33. The van der Waals surface area contributed by atoms with Crippen molar-refractivity contribution in [3.63, 3.8) is 0 Å². The number of carbonyl (C=O) groups excluding carboxylic acids is 1. The number of amides is 1. The summed E-state index contributed by atoms with van der Waals surface area (Å²) in [5, 5.41) is 9.33. The largest absolute Gasteiger partial charge is 0.394 e. The van der Waals surface area contributed by atoms with Crippen LogP contribution >= 0.6 is 0 Å². The van der Waals surface area contributed by atoms with Crippen molar-refractivity contribution in [2.45, 2.75) is 26.3 Å². The molecule has 4 heteroatoms. The van der Waals surface area contributed by atoms with E-state index in [4.69, 9.17) is 5.73 Å². The Bertz CT molecular complexity index is 553. The Morgan fingerprint density at radius 1 is 1.45 bits per heavy atom. The minimum absolute atomic E-state index is 0.0890. The fourth-order valence-electron chi connectivity index (χ4n) is 1.66. The SMILES string of the molecule is Cc1cc(C(=O)N(C)C(C)(C)CO)ccc1C#CCN. The Labute approximate surface area is 120 Å². The second kappa shape index (κ2) is 6.56. The highest BCUT2D eigenvalue weighted by Crippen LogP contribution is 2.17. The van der Waals surface area contributed by atoms with Crippen molar-refractivity contribution >= 4 is 5.91 Å². The fraction of sp³-hybridized carbons (Fsp3) is 0.438. The van der Waals surface area contributed by atoms with Gasteiger partial charge in [-0.05, 0) is 44.5 Å². The van der Waals surface area contributed by atoms with Crippen LogP contribution in [-0.4, -0.2) is 41.7 Å². The van der Waals surface area contributed by atoms with Gasteiger partial charge in [0.2, 0.25) is 0 Å². The minimum Gasteiger partial charge on any atom is -0.394 e. The number of nitrogens with two attached hydrogens (primary N) is 1. The number of carbonyl (C=O) groups is 1. The van der Waals surface area contributed by atoms with Crippen LogP contribution in [0.15, 0.2) is 18.2 Å². The zero-order chi connectivity index (χ0) is 15.3. The predicted molar refractivity (Wildman–Crippen MR) is 80.4 cm³/mol. The number of aliphatic hydroxyl groups is 1. The van der Waals surface area contributed by atoms with Crippen LogP contribution in [0.5, 0.6) is 0 Å². The van der Waals surface area contributed by atoms with Crippen molar-refractivity contribution in [1.82, 2.24) is 4.90 Å². The summed E-state index contributed by atoms with van der Waals surface area (Å²) in [6.45, 7) is 5.77. The summed E-state index contributed by atoms with van der Waals surface area (Å²) >= 11 is 0. The van der Waals surface area contributed by atoms with Gasteiger partial charge < -0.3 is 15.7 Å². The summed E-state index contributed by atoms with van der Waals surface area (Å²) in [7, 11) is 1.69. The highest BCUT2D eigenvalue weighted by atomic mass is 16.3. The fourth-order valence-corrected chi connectivity index (χ4v) is 1.66. The third-order valence-corrected chi connectivity index (χ3v) is 3.40. The zero-order valence-electron chi connectivity index (χ0n) is 12.5. The number of hydrogen-bond donors (Lipinski definition) is 2. The van der Waals surface area contributed by atoms with Gasteiger partial charge in [-0.1, -0.05) is 11.8 Å². The van der Waals surface area contributed by atoms with Crippen molar-refractivity contribution in [3.05, 3.63) is 34.9 Å².